The number of ether oxygens (including phenoxy) is 2. The Morgan fingerprint density at radius 3 is 2.59 bits per heavy atom. The van der Waals surface area contributed by atoms with Crippen molar-refractivity contribution in [3.63, 3.8) is 0 Å². The topological polar surface area (TPSA) is 18.5 Å². The molecule has 0 saturated heterocycles. The molecule has 0 heterocycles. The van der Waals surface area contributed by atoms with Gasteiger partial charge in [-0.2, -0.15) is 0 Å². The van der Waals surface area contributed by atoms with Crippen molar-refractivity contribution in [2.45, 2.75) is 39.0 Å². The van der Waals surface area contributed by atoms with Crippen LogP contribution in [0.1, 0.15) is 38.3 Å². The van der Waals surface area contributed by atoms with E-state index in [-0.39, 0.29) is 5.41 Å². The highest BCUT2D eigenvalue weighted by atomic mass is 16.5. The lowest BCUT2D eigenvalue weighted by Gasteiger charge is -2.25. The fourth-order valence-corrected chi connectivity index (χ4v) is 2.64. The van der Waals surface area contributed by atoms with Gasteiger partial charge in [-0.05, 0) is 29.5 Å². The second kappa shape index (κ2) is 6.87. The van der Waals surface area contributed by atoms with Gasteiger partial charge < -0.3 is 9.47 Å². The van der Waals surface area contributed by atoms with Crippen LogP contribution in [0, 0.1) is 0 Å². The van der Waals surface area contributed by atoms with Crippen molar-refractivity contribution >= 4 is 0 Å². The summed E-state index contributed by atoms with van der Waals surface area (Å²) in [7, 11) is 1.71. The number of rotatable bonds is 6. The second-order valence-corrected chi connectivity index (χ2v) is 6.61. The molecule has 0 atom stereocenters. The van der Waals surface area contributed by atoms with Crippen LogP contribution in [0.25, 0.3) is 0 Å². The minimum absolute atomic E-state index is 0.0142. The lowest BCUT2D eigenvalue weighted by atomic mass is 9.84. The quantitative estimate of drug-likeness (QED) is 0.689. The van der Waals surface area contributed by atoms with Gasteiger partial charge in [0.05, 0.1) is 7.11 Å². The van der Waals surface area contributed by atoms with E-state index >= 15 is 0 Å². The molecule has 1 aliphatic rings. The van der Waals surface area contributed by atoms with Crippen LogP contribution in [0.5, 0.6) is 11.5 Å². The smallest absolute Gasteiger partial charge is 0.127 e. The van der Waals surface area contributed by atoms with Gasteiger partial charge >= 0.3 is 0 Å². The van der Waals surface area contributed by atoms with Crippen LogP contribution in [-0.2, 0) is 11.8 Å². The summed E-state index contributed by atoms with van der Waals surface area (Å²) >= 11 is 0. The summed E-state index contributed by atoms with van der Waals surface area (Å²) in [5, 5.41) is 0. The standard InChI is InChI=1S/C20H26O2/c1-6-11-22-19-16(12-15-9-7-8-10-15)13-17(21-5)14-18(19)20(2,3)4/h6-7,9-10,13-14H,1,8,11-12H2,2-5H3. The minimum Gasteiger partial charge on any atom is -0.497 e. The third-order valence-corrected chi connectivity index (χ3v) is 3.77. The Morgan fingerprint density at radius 1 is 1.27 bits per heavy atom. The zero-order chi connectivity index (χ0) is 16.2. The van der Waals surface area contributed by atoms with Crippen LogP contribution in [0.3, 0.4) is 0 Å². The van der Waals surface area contributed by atoms with Crippen LogP contribution in [0.2, 0.25) is 0 Å². The fourth-order valence-electron chi connectivity index (χ4n) is 2.64. The summed E-state index contributed by atoms with van der Waals surface area (Å²) in [6.45, 7) is 10.9. The first-order valence-electron chi connectivity index (χ1n) is 7.76. The van der Waals surface area contributed by atoms with Crippen molar-refractivity contribution in [1.29, 1.82) is 0 Å². The van der Waals surface area contributed by atoms with E-state index in [0.717, 1.165) is 24.3 Å². The molecule has 0 spiro atoms. The van der Waals surface area contributed by atoms with Gasteiger partial charge in [0, 0.05) is 17.5 Å². The molecule has 22 heavy (non-hydrogen) atoms. The Kier molecular flexibility index (Phi) is 5.12. The number of methoxy groups -OCH3 is 1. The molecule has 0 N–H and O–H groups in total. The fraction of sp³-hybridized carbons (Fsp3) is 0.400. The lowest BCUT2D eigenvalue weighted by molar-refractivity contribution is 0.344. The molecular weight excluding hydrogens is 272 g/mol. The molecule has 0 radical (unpaired) electrons. The molecule has 0 saturated carbocycles. The molecule has 2 nitrogen and oxygen atoms in total. The van der Waals surface area contributed by atoms with Crippen molar-refractivity contribution in [1.82, 2.24) is 0 Å². The Morgan fingerprint density at radius 2 is 2.05 bits per heavy atom. The van der Waals surface area contributed by atoms with Crippen LogP contribution in [0.15, 0.2) is 48.6 Å². The SMILES string of the molecule is C=CCOc1c(CC2=CCC=C2)cc(OC)cc1C(C)(C)C. The molecule has 0 bridgehead atoms. The predicted molar refractivity (Wildman–Crippen MR) is 92.9 cm³/mol. The summed E-state index contributed by atoms with van der Waals surface area (Å²) in [4.78, 5) is 0. The number of hydrogen-bond acceptors (Lipinski definition) is 2. The molecule has 1 aliphatic carbocycles. The second-order valence-electron chi connectivity index (χ2n) is 6.61. The van der Waals surface area contributed by atoms with Crippen molar-refractivity contribution in [2.24, 2.45) is 0 Å². The molecule has 0 amide bonds. The Labute approximate surface area is 134 Å². The average Bonchev–Trinajstić information content (AvgIpc) is 2.97. The summed E-state index contributed by atoms with van der Waals surface area (Å²) in [6, 6.07) is 4.17. The van der Waals surface area contributed by atoms with Gasteiger partial charge in [0.25, 0.3) is 0 Å². The van der Waals surface area contributed by atoms with E-state index in [2.05, 4.69) is 57.7 Å². The van der Waals surface area contributed by atoms with Gasteiger partial charge in [-0.25, -0.2) is 0 Å². The van der Waals surface area contributed by atoms with Crippen molar-refractivity contribution in [3.8, 4) is 11.5 Å². The van der Waals surface area contributed by atoms with Gasteiger partial charge in [0.2, 0.25) is 0 Å². The molecule has 118 valence electrons. The maximum Gasteiger partial charge on any atom is 0.127 e. The average molecular weight is 298 g/mol. The third kappa shape index (κ3) is 3.82. The molecule has 2 heteroatoms. The van der Waals surface area contributed by atoms with E-state index in [4.69, 9.17) is 9.47 Å². The van der Waals surface area contributed by atoms with E-state index in [0.29, 0.717) is 6.61 Å². The summed E-state index contributed by atoms with van der Waals surface area (Å²) in [5.41, 5.74) is 3.66. The zero-order valence-electron chi connectivity index (χ0n) is 14.1. The first-order valence-corrected chi connectivity index (χ1v) is 7.76. The van der Waals surface area contributed by atoms with Gasteiger partial charge in [0.15, 0.2) is 0 Å². The summed E-state index contributed by atoms with van der Waals surface area (Å²) in [5.74, 6) is 1.85. The highest BCUT2D eigenvalue weighted by Gasteiger charge is 2.23. The Balaban J connectivity index is 2.51. The zero-order valence-corrected chi connectivity index (χ0v) is 14.1. The first-order chi connectivity index (χ1) is 10.5. The maximum absolute atomic E-state index is 6.03. The van der Waals surface area contributed by atoms with E-state index in [1.165, 1.54) is 16.7 Å². The van der Waals surface area contributed by atoms with E-state index in [9.17, 15) is 0 Å². The highest BCUT2D eigenvalue weighted by molar-refractivity contribution is 5.52. The molecule has 1 aromatic carbocycles. The van der Waals surface area contributed by atoms with Gasteiger partial charge in [-0.1, -0.05) is 51.7 Å². The summed E-state index contributed by atoms with van der Waals surface area (Å²) < 4.78 is 11.5. The highest BCUT2D eigenvalue weighted by Crippen LogP contribution is 2.39. The van der Waals surface area contributed by atoms with Crippen LogP contribution < -0.4 is 9.47 Å². The van der Waals surface area contributed by atoms with Crippen LogP contribution in [-0.4, -0.2) is 13.7 Å². The first kappa shape index (κ1) is 16.4. The number of allylic oxidation sites excluding steroid dienone is 4. The predicted octanol–water partition coefficient (Wildman–Crippen LogP) is 4.99. The Bertz CT molecular complexity index is 601. The van der Waals surface area contributed by atoms with Gasteiger partial charge in [-0.15, -0.1) is 0 Å². The van der Waals surface area contributed by atoms with E-state index < -0.39 is 0 Å². The molecule has 2 rings (SSSR count). The monoisotopic (exact) mass is 298 g/mol. The molecule has 0 unspecified atom stereocenters. The number of hydrogen-bond donors (Lipinski definition) is 0. The molecular formula is C20H26O2. The largest absolute Gasteiger partial charge is 0.497 e. The minimum atomic E-state index is -0.0142. The van der Waals surface area contributed by atoms with Crippen molar-refractivity contribution < 1.29 is 9.47 Å². The van der Waals surface area contributed by atoms with Crippen molar-refractivity contribution in [3.05, 3.63) is 59.7 Å². The van der Waals surface area contributed by atoms with Gasteiger partial charge in [-0.3, -0.25) is 0 Å². The van der Waals surface area contributed by atoms with Gasteiger partial charge in [0.1, 0.15) is 18.1 Å². The molecule has 1 aromatic rings. The normalized spacial score (nSPS) is 13.9. The van der Waals surface area contributed by atoms with Crippen molar-refractivity contribution in [2.75, 3.05) is 13.7 Å². The van der Waals surface area contributed by atoms with E-state index in [1.807, 2.05) is 0 Å². The molecule has 0 aromatic heterocycles. The van der Waals surface area contributed by atoms with Crippen LogP contribution >= 0.6 is 0 Å². The third-order valence-electron chi connectivity index (χ3n) is 3.77. The molecule has 0 aliphatic heterocycles. The lowest BCUT2D eigenvalue weighted by Crippen LogP contribution is -2.15. The maximum atomic E-state index is 6.03. The molecule has 0 fully saturated rings. The van der Waals surface area contributed by atoms with Crippen LogP contribution in [0.4, 0.5) is 0 Å². The number of benzene rings is 1. The Hall–Kier alpha value is -1.96. The summed E-state index contributed by atoms with van der Waals surface area (Å²) in [6.07, 6.45) is 10.3. The van der Waals surface area contributed by atoms with E-state index in [1.54, 1.807) is 13.2 Å².